The number of benzene rings is 2. The van der Waals surface area contributed by atoms with Gasteiger partial charge in [-0.25, -0.2) is 0 Å². The molecule has 0 bridgehead atoms. The zero-order valence-corrected chi connectivity index (χ0v) is 14.4. The molecule has 25 heavy (non-hydrogen) atoms. The molecule has 5 heteroatoms. The summed E-state index contributed by atoms with van der Waals surface area (Å²) in [5, 5.41) is 9.31. The highest BCUT2D eigenvalue weighted by Crippen LogP contribution is 2.24. The summed E-state index contributed by atoms with van der Waals surface area (Å²) in [6.45, 7) is 4.80. The van der Waals surface area contributed by atoms with Crippen LogP contribution in [-0.4, -0.2) is 37.0 Å². The van der Waals surface area contributed by atoms with Crippen molar-refractivity contribution in [3.8, 4) is 6.07 Å². The molecular weight excluding hydrogens is 312 g/mol. The molecule has 0 aromatic heterocycles. The second-order valence-electron chi connectivity index (χ2n) is 6.22. The molecule has 2 aromatic carbocycles. The van der Waals surface area contributed by atoms with E-state index in [0.29, 0.717) is 37.4 Å². The van der Waals surface area contributed by atoms with Crippen molar-refractivity contribution in [2.45, 2.75) is 13.3 Å². The number of carbonyl (C=O) groups excluding carboxylic acids is 1. The summed E-state index contributed by atoms with van der Waals surface area (Å²) in [5.41, 5.74) is 9.77. The minimum atomic E-state index is 0.0696. The first kappa shape index (κ1) is 16.8. The molecule has 5 nitrogen and oxygen atoms in total. The molecule has 0 radical (unpaired) electrons. The van der Waals surface area contributed by atoms with Crippen LogP contribution >= 0.6 is 0 Å². The molecule has 0 atom stereocenters. The number of rotatable bonds is 3. The number of hydrogen-bond acceptors (Lipinski definition) is 4. The second-order valence-corrected chi connectivity index (χ2v) is 6.22. The Bertz CT molecular complexity index is 799. The van der Waals surface area contributed by atoms with E-state index in [-0.39, 0.29) is 5.91 Å². The number of carbonyl (C=O) groups is 1. The normalized spacial score (nSPS) is 14.2. The molecule has 2 aromatic rings. The molecular formula is C20H22N4O. The third-order valence-electron chi connectivity index (χ3n) is 4.66. The van der Waals surface area contributed by atoms with E-state index < -0.39 is 0 Å². The minimum Gasteiger partial charge on any atom is -0.399 e. The Labute approximate surface area is 148 Å². The van der Waals surface area contributed by atoms with Crippen molar-refractivity contribution in [3.63, 3.8) is 0 Å². The summed E-state index contributed by atoms with van der Waals surface area (Å²) in [6.07, 6.45) is 0.968. The molecule has 1 aliphatic heterocycles. The highest BCUT2D eigenvalue weighted by atomic mass is 16.2. The molecule has 1 fully saturated rings. The van der Waals surface area contributed by atoms with Gasteiger partial charge in [0.15, 0.2) is 0 Å². The fraction of sp³-hybridized carbons (Fsp3) is 0.300. The lowest BCUT2D eigenvalue weighted by Crippen LogP contribution is -2.49. The Balaban J connectivity index is 1.67. The summed E-state index contributed by atoms with van der Waals surface area (Å²) < 4.78 is 0. The van der Waals surface area contributed by atoms with Gasteiger partial charge in [0.1, 0.15) is 6.07 Å². The van der Waals surface area contributed by atoms with Crippen molar-refractivity contribution in [1.29, 1.82) is 5.26 Å². The average Bonchev–Trinajstić information content (AvgIpc) is 2.67. The van der Waals surface area contributed by atoms with Crippen molar-refractivity contribution in [2.75, 3.05) is 36.8 Å². The molecule has 0 aliphatic carbocycles. The number of nitrogens with two attached hydrogens (primary N) is 1. The van der Waals surface area contributed by atoms with Crippen LogP contribution in [0.1, 0.15) is 28.4 Å². The zero-order chi connectivity index (χ0) is 17.8. The lowest BCUT2D eigenvalue weighted by molar-refractivity contribution is 0.0747. The Hall–Kier alpha value is -3.00. The van der Waals surface area contributed by atoms with Crippen molar-refractivity contribution < 1.29 is 4.79 Å². The van der Waals surface area contributed by atoms with Gasteiger partial charge in [0.2, 0.25) is 0 Å². The number of anilines is 2. The highest BCUT2D eigenvalue weighted by Gasteiger charge is 2.23. The van der Waals surface area contributed by atoms with E-state index in [2.05, 4.69) is 17.9 Å². The molecule has 0 spiro atoms. The quantitative estimate of drug-likeness (QED) is 0.876. The zero-order valence-electron chi connectivity index (χ0n) is 14.4. The van der Waals surface area contributed by atoms with Crippen molar-refractivity contribution in [2.24, 2.45) is 0 Å². The average molecular weight is 334 g/mol. The van der Waals surface area contributed by atoms with Gasteiger partial charge in [-0.1, -0.05) is 19.1 Å². The predicted octanol–water partition coefficient (Wildman–Crippen LogP) is 2.67. The Kier molecular flexibility index (Phi) is 4.90. The molecule has 0 unspecified atom stereocenters. The Morgan fingerprint density at radius 3 is 2.40 bits per heavy atom. The van der Waals surface area contributed by atoms with Crippen LogP contribution in [0.4, 0.5) is 11.4 Å². The number of amides is 1. The van der Waals surface area contributed by atoms with Gasteiger partial charge in [-0.15, -0.1) is 0 Å². The minimum absolute atomic E-state index is 0.0696. The van der Waals surface area contributed by atoms with Gasteiger partial charge >= 0.3 is 0 Å². The Morgan fingerprint density at radius 1 is 1.12 bits per heavy atom. The lowest BCUT2D eigenvalue weighted by Gasteiger charge is -2.36. The van der Waals surface area contributed by atoms with Gasteiger partial charge in [-0.05, 0) is 42.3 Å². The smallest absolute Gasteiger partial charge is 0.253 e. The number of aryl methyl sites for hydroxylation is 1. The van der Waals surface area contributed by atoms with E-state index in [1.54, 1.807) is 6.07 Å². The van der Waals surface area contributed by atoms with E-state index in [0.717, 1.165) is 17.7 Å². The second kappa shape index (κ2) is 7.27. The van der Waals surface area contributed by atoms with Gasteiger partial charge in [0, 0.05) is 37.4 Å². The van der Waals surface area contributed by atoms with Gasteiger partial charge < -0.3 is 15.5 Å². The summed E-state index contributed by atoms with van der Waals surface area (Å²) in [7, 11) is 0. The van der Waals surface area contributed by atoms with Crippen LogP contribution in [0, 0.1) is 11.3 Å². The molecule has 128 valence electrons. The van der Waals surface area contributed by atoms with Crippen LogP contribution in [0.3, 0.4) is 0 Å². The largest absolute Gasteiger partial charge is 0.399 e. The topological polar surface area (TPSA) is 73.4 Å². The van der Waals surface area contributed by atoms with Crippen molar-refractivity contribution >= 4 is 17.3 Å². The fourth-order valence-electron chi connectivity index (χ4n) is 3.14. The van der Waals surface area contributed by atoms with Crippen LogP contribution < -0.4 is 10.6 Å². The number of piperazine rings is 1. The lowest BCUT2D eigenvalue weighted by atomic mass is 10.1. The Morgan fingerprint density at radius 2 is 1.80 bits per heavy atom. The molecule has 1 saturated heterocycles. The van der Waals surface area contributed by atoms with Crippen LogP contribution in [0.2, 0.25) is 0 Å². The first-order chi connectivity index (χ1) is 12.1. The number of hydrogen-bond donors (Lipinski definition) is 1. The molecule has 2 N–H and O–H groups in total. The van der Waals surface area contributed by atoms with Crippen molar-refractivity contribution in [3.05, 3.63) is 59.2 Å². The van der Waals surface area contributed by atoms with Crippen molar-refractivity contribution in [1.82, 2.24) is 4.90 Å². The van der Waals surface area contributed by atoms with E-state index >= 15 is 0 Å². The first-order valence-electron chi connectivity index (χ1n) is 8.55. The first-order valence-corrected chi connectivity index (χ1v) is 8.55. The number of nitrogen functional groups attached to an aromatic ring is 1. The van der Waals surface area contributed by atoms with Gasteiger partial charge in [0.25, 0.3) is 5.91 Å². The summed E-state index contributed by atoms with van der Waals surface area (Å²) in [5.74, 6) is 0.0696. The van der Waals surface area contributed by atoms with E-state index in [9.17, 15) is 10.1 Å². The SMILES string of the molecule is CCc1ccc(C(=O)N2CCN(c3ccc(N)cc3C#N)CC2)cc1. The van der Waals surface area contributed by atoms with E-state index in [1.807, 2.05) is 41.3 Å². The fourth-order valence-corrected chi connectivity index (χ4v) is 3.14. The van der Waals surface area contributed by atoms with Gasteiger partial charge in [-0.3, -0.25) is 4.79 Å². The van der Waals surface area contributed by atoms with E-state index in [4.69, 9.17) is 5.73 Å². The number of nitriles is 1. The molecule has 0 saturated carbocycles. The maximum absolute atomic E-state index is 12.6. The predicted molar refractivity (Wildman–Crippen MR) is 99.5 cm³/mol. The van der Waals surface area contributed by atoms with Crippen LogP contribution in [-0.2, 0) is 6.42 Å². The van der Waals surface area contributed by atoms with Gasteiger partial charge in [0.05, 0.1) is 11.3 Å². The maximum Gasteiger partial charge on any atom is 0.253 e. The van der Waals surface area contributed by atoms with E-state index in [1.165, 1.54) is 5.56 Å². The molecule has 1 heterocycles. The van der Waals surface area contributed by atoms with Gasteiger partial charge in [-0.2, -0.15) is 5.26 Å². The van der Waals surface area contributed by atoms with Crippen LogP contribution in [0.5, 0.6) is 0 Å². The monoisotopic (exact) mass is 334 g/mol. The summed E-state index contributed by atoms with van der Waals surface area (Å²) >= 11 is 0. The summed E-state index contributed by atoms with van der Waals surface area (Å²) in [4.78, 5) is 16.7. The third kappa shape index (κ3) is 3.58. The molecule has 1 amide bonds. The van der Waals surface area contributed by atoms with Crippen LogP contribution in [0.15, 0.2) is 42.5 Å². The van der Waals surface area contributed by atoms with Crippen LogP contribution in [0.25, 0.3) is 0 Å². The highest BCUT2D eigenvalue weighted by molar-refractivity contribution is 5.94. The third-order valence-corrected chi connectivity index (χ3v) is 4.66. The number of nitrogens with zero attached hydrogens (tertiary/aromatic N) is 3. The maximum atomic E-state index is 12.6. The standard InChI is InChI=1S/C20H22N4O/c1-2-15-3-5-16(6-4-15)20(25)24-11-9-23(10-12-24)19-8-7-18(22)13-17(19)14-21/h3-8,13H,2,9-12,22H2,1H3. The molecule has 1 aliphatic rings. The summed E-state index contributed by atoms with van der Waals surface area (Å²) in [6, 6.07) is 15.4. The molecule has 3 rings (SSSR count).